The van der Waals surface area contributed by atoms with Crippen LogP contribution >= 0.6 is 0 Å². The smallest absolute Gasteiger partial charge is 0.333 e. The molecule has 1 aliphatic rings. The van der Waals surface area contributed by atoms with E-state index in [2.05, 4.69) is 16.5 Å². The molecule has 10 heteroatoms. The third-order valence-corrected chi connectivity index (χ3v) is 3.65. The number of rotatable bonds is 5. The van der Waals surface area contributed by atoms with Gasteiger partial charge in [-0.25, -0.2) is 9.36 Å². The number of nitrogens with zero attached hydrogens (tertiary/aromatic N) is 3. The van der Waals surface area contributed by atoms with Gasteiger partial charge in [0.15, 0.2) is 17.4 Å². The molecule has 1 aliphatic heterocycles. The highest BCUT2D eigenvalue weighted by Gasteiger charge is 2.28. The van der Waals surface area contributed by atoms with E-state index >= 15 is 0 Å². The number of hydrogen-bond acceptors (Lipinski definition) is 7. The third-order valence-electron chi connectivity index (χ3n) is 3.65. The van der Waals surface area contributed by atoms with Crippen molar-refractivity contribution in [2.45, 2.75) is 25.8 Å². The van der Waals surface area contributed by atoms with Crippen LogP contribution in [0, 0.1) is 0 Å². The Morgan fingerprint density at radius 3 is 2.96 bits per heavy atom. The molecule has 0 aromatic carbocycles. The van der Waals surface area contributed by atoms with Gasteiger partial charge in [-0.2, -0.15) is 4.98 Å². The first-order chi connectivity index (χ1) is 11.9. The molecule has 0 saturated carbocycles. The minimum Gasteiger partial charge on any atom is -0.463 e. The maximum absolute atomic E-state index is 12.7. The average molecular weight is 347 g/mol. The van der Waals surface area contributed by atoms with E-state index in [0.717, 1.165) is 0 Å². The number of imidazole rings is 1. The van der Waals surface area contributed by atoms with E-state index in [-0.39, 0.29) is 30.3 Å². The number of hydrogen-bond donors (Lipinski definition) is 2. The Morgan fingerprint density at radius 1 is 1.52 bits per heavy atom. The van der Waals surface area contributed by atoms with Crippen molar-refractivity contribution in [3.63, 3.8) is 0 Å². The maximum Gasteiger partial charge on any atom is 0.333 e. The molecule has 3 N–H and O–H groups in total. The van der Waals surface area contributed by atoms with Crippen molar-refractivity contribution in [3.8, 4) is 0 Å². The fourth-order valence-corrected chi connectivity index (χ4v) is 2.66. The molecule has 2 aromatic rings. The van der Waals surface area contributed by atoms with Crippen LogP contribution in [0.2, 0.25) is 0 Å². The summed E-state index contributed by atoms with van der Waals surface area (Å²) in [6, 6.07) is 0. The summed E-state index contributed by atoms with van der Waals surface area (Å²) in [7, 11) is 0. The van der Waals surface area contributed by atoms with E-state index in [1.54, 1.807) is 12.2 Å². The Hall–Kier alpha value is -3.14. The van der Waals surface area contributed by atoms with Crippen LogP contribution in [0.3, 0.4) is 0 Å². The van der Waals surface area contributed by atoms with Crippen molar-refractivity contribution in [1.29, 1.82) is 0 Å². The van der Waals surface area contributed by atoms with Crippen molar-refractivity contribution in [1.82, 2.24) is 19.1 Å². The molecule has 2 atom stereocenters. The van der Waals surface area contributed by atoms with Gasteiger partial charge in [-0.15, -0.1) is 6.58 Å². The van der Waals surface area contributed by atoms with E-state index in [4.69, 9.17) is 15.2 Å². The molecule has 132 valence electrons. The lowest BCUT2D eigenvalue weighted by atomic mass is 10.4. The number of fused-ring (bicyclic) bond motifs is 1. The maximum atomic E-state index is 12.7. The van der Waals surface area contributed by atoms with Gasteiger partial charge in [-0.3, -0.25) is 19.1 Å². The van der Waals surface area contributed by atoms with Crippen molar-refractivity contribution in [2.24, 2.45) is 0 Å². The summed E-state index contributed by atoms with van der Waals surface area (Å²) in [5.41, 5.74) is 4.78. The zero-order valence-electron chi connectivity index (χ0n) is 13.5. The molecule has 0 spiro atoms. The van der Waals surface area contributed by atoms with Crippen LogP contribution in [0.4, 0.5) is 5.95 Å². The van der Waals surface area contributed by atoms with E-state index in [9.17, 15) is 14.4 Å². The standard InChI is InChI=1S/C15H17N5O5/c1-3-6-19-11-12(17-14(16)18-13(11)22)20(15(19)23)10-5-4-9(25-10)7-24-8(2)21/h3-5,9-10H,1,6-7H2,2H3,(H3,16,17,18,22)/t9-,10+/m0/s1. The lowest BCUT2D eigenvalue weighted by molar-refractivity contribution is -0.145. The first-order valence-corrected chi connectivity index (χ1v) is 7.51. The summed E-state index contributed by atoms with van der Waals surface area (Å²) in [6.45, 7) is 5.04. The van der Waals surface area contributed by atoms with Crippen LogP contribution in [-0.2, 0) is 20.8 Å². The fourth-order valence-electron chi connectivity index (χ4n) is 2.66. The highest BCUT2D eigenvalue weighted by atomic mass is 16.6. The molecular formula is C15H17N5O5. The minimum atomic E-state index is -0.796. The Bertz CT molecular complexity index is 983. The number of nitrogens with two attached hydrogens (primary N) is 1. The van der Waals surface area contributed by atoms with E-state index in [0.29, 0.717) is 0 Å². The lowest BCUT2D eigenvalue weighted by Gasteiger charge is -2.14. The number of carbonyl (C=O) groups is 1. The predicted octanol–water partition coefficient (Wildman–Crippen LogP) is -0.329. The summed E-state index contributed by atoms with van der Waals surface area (Å²) < 4.78 is 13.1. The van der Waals surface area contributed by atoms with Crippen LogP contribution in [0.15, 0.2) is 34.4 Å². The topological polar surface area (TPSA) is 134 Å². The number of aromatic nitrogens is 4. The molecule has 10 nitrogen and oxygen atoms in total. The number of aromatic amines is 1. The van der Waals surface area contributed by atoms with Crippen molar-refractivity contribution >= 4 is 23.1 Å². The number of nitrogen functional groups attached to an aromatic ring is 1. The Morgan fingerprint density at radius 2 is 2.28 bits per heavy atom. The van der Waals surface area contributed by atoms with Crippen molar-refractivity contribution in [3.05, 3.63) is 45.6 Å². The van der Waals surface area contributed by atoms with Gasteiger partial charge in [0.05, 0.1) is 0 Å². The zero-order valence-corrected chi connectivity index (χ0v) is 13.5. The highest BCUT2D eigenvalue weighted by Crippen LogP contribution is 2.23. The van der Waals surface area contributed by atoms with Gasteiger partial charge in [0.2, 0.25) is 5.95 Å². The van der Waals surface area contributed by atoms with Gasteiger partial charge < -0.3 is 15.2 Å². The Balaban J connectivity index is 2.05. The summed E-state index contributed by atoms with van der Waals surface area (Å²) in [5.74, 6) is -0.540. The second-order valence-electron chi connectivity index (χ2n) is 5.43. The molecule has 2 aromatic heterocycles. The Kier molecular flexibility index (Phi) is 4.28. The highest BCUT2D eigenvalue weighted by molar-refractivity contribution is 5.72. The van der Waals surface area contributed by atoms with Crippen LogP contribution in [0.5, 0.6) is 0 Å². The molecule has 3 rings (SSSR count). The van der Waals surface area contributed by atoms with Gasteiger partial charge in [0.1, 0.15) is 12.7 Å². The zero-order chi connectivity index (χ0) is 18.1. The van der Waals surface area contributed by atoms with Gasteiger partial charge in [0.25, 0.3) is 5.56 Å². The quantitative estimate of drug-likeness (QED) is 0.558. The SMILES string of the molecule is C=CCn1c(=O)n([C@H]2C=C[C@@H](COC(C)=O)O2)c2nc(N)[nH]c(=O)c21. The monoisotopic (exact) mass is 347 g/mol. The third kappa shape index (κ3) is 2.98. The summed E-state index contributed by atoms with van der Waals surface area (Å²) in [6.07, 6.45) is 3.50. The number of esters is 1. The molecule has 0 bridgehead atoms. The van der Waals surface area contributed by atoms with E-state index < -0.39 is 29.6 Å². The molecule has 0 aliphatic carbocycles. The number of nitrogens with one attached hydrogen (secondary N) is 1. The van der Waals surface area contributed by atoms with Crippen LogP contribution in [-0.4, -0.2) is 37.8 Å². The number of anilines is 1. The predicted molar refractivity (Wildman–Crippen MR) is 88.9 cm³/mol. The fraction of sp³-hybridized carbons (Fsp3) is 0.333. The molecule has 0 radical (unpaired) electrons. The van der Waals surface area contributed by atoms with Crippen molar-refractivity contribution in [2.75, 3.05) is 12.3 Å². The van der Waals surface area contributed by atoms with Gasteiger partial charge in [0, 0.05) is 13.5 Å². The number of allylic oxidation sites excluding steroid dienone is 1. The normalized spacial score (nSPS) is 19.4. The number of ether oxygens (including phenoxy) is 2. The van der Waals surface area contributed by atoms with Crippen LogP contribution in [0.25, 0.3) is 11.2 Å². The van der Waals surface area contributed by atoms with E-state index in [1.165, 1.54) is 22.1 Å². The first kappa shape index (κ1) is 16.7. The lowest BCUT2D eigenvalue weighted by Crippen LogP contribution is -2.29. The summed E-state index contributed by atoms with van der Waals surface area (Å²) in [5, 5.41) is 0. The second-order valence-corrected chi connectivity index (χ2v) is 5.43. The molecule has 0 unspecified atom stereocenters. The average Bonchev–Trinajstić information content (AvgIpc) is 3.09. The summed E-state index contributed by atoms with van der Waals surface area (Å²) in [4.78, 5) is 42.3. The minimum absolute atomic E-state index is 0.0263. The van der Waals surface area contributed by atoms with Gasteiger partial charge in [-0.05, 0) is 6.08 Å². The molecule has 0 saturated heterocycles. The summed E-state index contributed by atoms with van der Waals surface area (Å²) >= 11 is 0. The Labute approximate surface area is 141 Å². The van der Waals surface area contributed by atoms with Gasteiger partial charge in [-0.1, -0.05) is 12.2 Å². The largest absolute Gasteiger partial charge is 0.463 e. The number of carbonyl (C=O) groups excluding carboxylic acids is 1. The molecule has 0 fully saturated rings. The second kappa shape index (κ2) is 6.40. The molecule has 3 heterocycles. The number of H-pyrrole nitrogens is 1. The van der Waals surface area contributed by atoms with Crippen LogP contribution in [0.1, 0.15) is 13.2 Å². The van der Waals surface area contributed by atoms with E-state index in [1.807, 2.05) is 0 Å². The first-order valence-electron chi connectivity index (χ1n) is 7.51. The van der Waals surface area contributed by atoms with Gasteiger partial charge >= 0.3 is 11.7 Å². The molecule has 25 heavy (non-hydrogen) atoms. The van der Waals surface area contributed by atoms with Crippen LogP contribution < -0.4 is 17.0 Å². The molecule has 0 amide bonds. The molecular weight excluding hydrogens is 330 g/mol. The van der Waals surface area contributed by atoms with Crippen molar-refractivity contribution < 1.29 is 14.3 Å².